The largest absolute Gasteiger partial charge is 0.393 e. The van der Waals surface area contributed by atoms with E-state index in [2.05, 4.69) is 6.92 Å². The van der Waals surface area contributed by atoms with Crippen LogP contribution in [0.25, 0.3) is 0 Å². The summed E-state index contributed by atoms with van der Waals surface area (Å²) in [6.45, 7) is 4.07. The van der Waals surface area contributed by atoms with Crippen molar-refractivity contribution in [1.29, 1.82) is 0 Å². The second kappa shape index (κ2) is 9.27. The van der Waals surface area contributed by atoms with Gasteiger partial charge in [-0.1, -0.05) is 49.8 Å². The SMILES string of the molecule is CC=CC=CC=CCC(O)CCC. The molecule has 74 valence electrons. The average molecular weight is 180 g/mol. The van der Waals surface area contributed by atoms with Gasteiger partial charge in [-0.2, -0.15) is 0 Å². The van der Waals surface area contributed by atoms with Crippen LogP contribution in [-0.2, 0) is 0 Å². The van der Waals surface area contributed by atoms with E-state index in [4.69, 9.17) is 0 Å². The molecule has 0 rings (SSSR count). The molecule has 1 heteroatoms. The third-order valence-electron chi connectivity index (χ3n) is 1.69. The molecule has 0 heterocycles. The van der Waals surface area contributed by atoms with Crippen molar-refractivity contribution >= 4 is 0 Å². The van der Waals surface area contributed by atoms with Crippen molar-refractivity contribution in [2.45, 2.75) is 39.2 Å². The number of hydrogen-bond donors (Lipinski definition) is 1. The van der Waals surface area contributed by atoms with Gasteiger partial charge in [0.05, 0.1) is 6.10 Å². The highest BCUT2D eigenvalue weighted by Crippen LogP contribution is 2.01. The van der Waals surface area contributed by atoms with E-state index in [1.165, 1.54) is 0 Å². The Morgan fingerprint density at radius 2 is 1.85 bits per heavy atom. The summed E-state index contributed by atoms with van der Waals surface area (Å²) in [5.74, 6) is 0. The lowest BCUT2D eigenvalue weighted by molar-refractivity contribution is 0.167. The maximum Gasteiger partial charge on any atom is 0.0574 e. The molecule has 0 aliphatic heterocycles. The Bertz CT molecular complexity index is 178. The summed E-state index contributed by atoms with van der Waals surface area (Å²) in [5.41, 5.74) is 0. The van der Waals surface area contributed by atoms with Crippen LogP contribution in [0.15, 0.2) is 36.5 Å². The van der Waals surface area contributed by atoms with Crippen LogP contribution >= 0.6 is 0 Å². The first-order valence-corrected chi connectivity index (χ1v) is 4.93. The van der Waals surface area contributed by atoms with Gasteiger partial charge in [0, 0.05) is 0 Å². The van der Waals surface area contributed by atoms with Crippen LogP contribution in [0.1, 0.15) is 33.1 Å². The molecule has 1 N–H and O–H groups in total. The fourth-order valence-electron chi connectivity index (χ4n) is 1.00. The summed E-state index contributed by atoms with van der Waals surface area (Å²) in [6, 6.07) is 0. The second-order valence-electron chi connectivity index (χ2n) is 3.02. The molecule has 0 bridgehead atoms. The minimum absolute atomic E-state index is 0.170. The van der Waals surface area contributed by atoms with Gasteiger partial charge in [-0.25, -0.2) is 0 Å². The van der Waals surface area contributed by atoms with Crippen LogP contribution in [0.4, 0.5) is 0 Å². The zero-order valence-electron chi connectivity index (χ0n) is 8.61. The third kappa shape index (κ3) is 9.09. The first-order valence-electron chi connectivity index (χ1n) is 4.93. The van der Waals surface area contributed by atoms with Gasteiger partial charge in [-0.15, -0.1) is 0 Å². The van der Waals surface area contributed by atoms with Gasteiger partial charge in [0.25, 0.3) is 0 Å². The summed E-state index contributed by atoms with van der Waals surface area (Å²) in [4.78, 5) is 0. The van der Waals surface area contributed by atoms with E-state index in [9.17, 15) is 5.11 Å². The van der Waals surface area contributed by atoms with Gasteiger partial charge in [-0.05, 0) is 19.8 Å². The standard InChI is InChI=1S/C12H20O/c1-3-5-6-7-8-9-11-12(13)10-4-2/h3,5-9,12-13H,4,10-11H2,1-2H3. The number of aliphatic hydroxyl groups is 1. The molecular formula is C12H20O. The van der Waals surface area contributed by atoms with Crippen molar-refractivity contribution in [3.63, 3.8) is 0 Å². The molecule has 0 aromatic heterocycles. The monoisotopic (exact) mass is 180 g/mol. The van der Waals surface area contributed by atoms with E-state index in [0.717, 1.165) is 19.3 Å². The van der Waals surface area contributed by atoms with Crippen LogP contribution < -0.4 is 0 Å². The Morgan fingerprint density at radius 1 is 1.15 bits per heavy atom. The highest BCUT2D eigenvalue weighted by atomic mass is 16.3. The van der Waals surface area contributed by atoms with Crippen LogP contribution in [-0.4, -0.2) is 11.2 Å². The van der Waals surface area contributed by atoms with Crippen molar-refractivity contribution in [3.05, 3.63) is 36.5 Å². The van der Waals surface area contributed by atoms with Gasteiger partial charge in [-0.3, -0.25) is 0 Å². The first-order chi connectivity index (χ1) is 6.31. The lowest BCUT2D eigenvalue weighted by Gasteiger charge is -2.03. The summed E-state index contributed by atoms with van der Waals surface area (Å²) in [5, 5.41) is 9.36. The van der Waals surface area contributed by atoms with Gasteiger partial charge in [0.2, 0.25) is 0 Å². The maximum atomic E-state index is 9.36. The van der Waals surface area contributed by atoms with Crippen LogP contribution in [0.3, 0.4) is 0 Å². The van der Waals surface area contributed by atoms with Crippen LogP contribution in [0.5, 0.6) is 0 Å². The summed E-state index contributed by atoms with van der Waals surface area (Å²) in [6.07, 6.45) is 14.4. The predicted octanol–water partition coefficient (Wildman–Crippen LogP) is 3.23. The van der Waals surface area contributed by atoms with Crippen LogP contribution in [0, 0.1) is 0 Å². The minimum Gasteiger partial charge on any atom is -0.393 e. The molecule has 0 aliphatic carbocycles. The zero-order chi connectivity index (χ0) is 9.94. The van der Waals surface area contributed by atoms with E-state index in [0.29, 0.717) is 0 Å². The molecule has 0 radical (unpaired) electrons. The third-order valence-corrected chi connectivity index (χ3v) is 1.69. The van der Waals surface area contributed by atoms with E-state index < -0.39 is 0 Å². The molecule has 0 aromatic rings. The van der Waals surface area contributed by atoms with Gasteiger partial charge < -0.3 is 5.11 Å². The van der Waals surface area contributed by atoms with Crippen molar-refractivity contribution < 1.29 is 5.11 Å². The summed E-state index contributed by atoms with van der Waals surface area (Å²) < 4.78 is 0. The van der Waals surface area contributed by atoms with Gasteiger partial charge >= 0.3 is 0 Å². The van der Waals surface area contributed by atoms with Crippen molar-refractivity contribution in [2.75, 3.05) is 0 Å². The molecule has 0 amide bonds. The van der Waals surface area contributed by atoms with E-state index in [1.54, 1.807) is 0 Å². The molecular weight excluding hydrogens is 160 g/mol. The molecule has 13 heavy (non-hydrogen) atoms. The fourth-order valence-corrected chi connectivity index (χ4v) is 1.00. The van der Waals surface area contributed by atoms with Gasteiger partial charge in [0.1, 0.15) is 0 Å². The van der Waals surface area contributed by atoms with Crippen molar-refractivity contribution in [3.8, 4) is 0 Å². The molecule has 0 spiro atoms. The molecule has 1 atom stereocenters. The number of hydrogen-bond acceptors (Lipinski definition) is 1. The second-order valence-corrected chi connectivity index (χ2v) is 3.02. The molecule has 0 saturated heterocycles. The van der Waals surface area contributed by atoms with Gasteiger partial charge in [0.15, 0.2) is 0 Å². The minimum atomic E-state index is -0.170. The average Bonchev–Trinajstić information content (AvgIpc) is 2.11. The normalized spacial score (nSPS) is 15.0. The molecule has 0 saturated carbocycles. The molecule has 0 fully saturated rings. The van der Waals surface area contributed by atoms with Crippen LogP contribution in [0.2, 0.25) is 0 Å². The Kier molecular flexibility index (Phi) is 8.68. The Labute approximate surface area is 81.5 Å². The van der Waals surface area contributed by atoms with Crippen molar-refractivity contribution in [2.24, 2.45) is 0 Å². The molecule has 0 aromatic carbocycles. The Balaban J connectivity index is 3.50. The quantitative estimate of drug-likeness (QED) is 0.622. The smallest absolute Gasteiger partial charge is 0.0574 e. The number of rotatable bonds is 6. The molecule has 1 nitrogen and oxygen atoms in total. The highest BCUT2D eigenvalue weighted by Gasteiger charge is 1.96. The van der Waals surface area contributed by atoms with Crippen molar-refractivity contribution in [1.82, 2.24) is 0 Å². The fraction of sp³-hybridized carbons (Fsp3) is 0.500. The zero-order valence-corrected chi connectivity index (χ0v) is 8.61. The molecule has 1 unspecified atom stereocenters. The summed E-state index contributed by atoms with van der Waals surface area (Å²) >= 11 is 0. The van der Waals surface area contributed by atoms with E-state index in [1.807, 2.05) is 43.4 Å². The molecule has 0 aliphatic rings. The van der Waals surface area contributed by atoms with E-state index >= 15 is 0 Å². The maximum absolute atomic E-state index is 9.36. The Hall–Kier alpha value is -0.820. The first kappa shape index (κ1) is 12.2. The number of aliphatic hydroxyl groups excluding tert-OH is 1. The number of allylic oxidation sites excluding steroid dienone is 5. The Morgan fingerprint density at radius 3 is 2.46 bits per heavy atom. The lowest BCUT2D eigenvalue weighted by atomic mass is 10.1. The van der Waals surface area contributed by atoms with E-state index in [-0.39, 0.29) is 6.10 Å². The predicted molar refractivity (Wildman–Crippen MR) is 58.6 cm³/mol. The highest BCUT2D eigenvalue weighted by molar-refractivity contribution is 5.10. The summed E-state index contributed by atoms with van der Waals surface area (Å²) in [7, 11) is 0. The topological polar surface area (TPSA) is 20.2 Å². The lowest BCUT2D eigenvalue weighted by Crippen LogP contribution is -2.02.